The molecule has 100 valence electrons. The summed E-state index contributed by atoms with van der Waals surface area (Å²) in [5.41, 5.74) is 8.79. The molecule has 0 fully saturated rings. The Morgan fingerprint density at radius 2 is 2.00 bits per heavy atom. The van der Waals surface area contributed by atoms with Crippen LogP contribution in [0.15, 0.2) is 29.4 Å². The van der Waals surface area contributed by atoms with Crippen molar-refractivity contribution >= 4 is 23.8 Å². The van der Waals surface area contributed by atoms with Gasteiger partial charge in [-0.25, -0.2) is 0 Å². The van der Waals surface area contributed by atoms with Gasteiger partial charge in [-0.3, -0.25) is 0 Å². The molecule has 18 heavy (non-hydrogen) atoms. The normalized spacial score (nSPS) is 18.2. The third-order valence-electron chi connectivity index (χ3n) is 2.75. The molecule has 2 N–H and O–H groups in total. The minimum atomic E-state index is 0. The SMILES string of the molecule is CN(C)CC1CC(Cc2ccc(N)cc2)=NO1.Cl. The molecule has 0 radical (unpaired) electrons. The molecule has 0 saturated heterocycles. The van der Waals surface area contributed by atoms with Gasteiger partial charge >= 0.3 is 0 Å². The second-order valence-corrected chi connectivity index (χ2v) is 4.77. The van der Waals surface area contributed by atoms with Crippen LogP contribution >= 0.6 is 12.4 Å². The van der Waals surface area contributed by atoms with E-state index < -0.39 is 0 Å². The monoisotopic (exact) mass is 269 g/mol. The van der Waals surface area contributed by atoms with E-state index in [2.05, 4.69) is 10.1 Å². The largest absolute Gasteiger partial charge is 0.399 e. The number of nitrogen functional groups attached to an aromatic ring is 1. The minimum absolute atomic E-state index is 0. The number of nitrogens with zero attached hydrogens (tertiary/aromatic N) is 2. The Hall–Kier alpha value is -1.26. The van der Waals surface area contributed by atoms with Crippen LogP contribution in [0.3, 0.4) is 0 Å². The van der Waals surface area contributed by atoms with E-state index in [1.54, 1.807) is 0 Å². The van der Waals surface area contributed by atoms with Crippen molar-refractivity contribution in [2.24, 2.45) is 5.16 Å². The van der Waals surface area contributed by atoms with Crippen molar-refractivity contribution < 1.29 is 4.84 Å². The van der Waals surface area contributed by atoms with E-state index >= 15 is 0 Å². The first-order chi connectivity index (χ1) is 8.13. The minimum Gasteiger partial charge on any atom is -0.399 e. The van der Waals surface area contributed by atoms with Crippen LogP contribution in [0.5, 0.6) is 0 Å². The number of hydrogen-bond donors (Lipinski definition) is 1. The summed E-state index contributed by atoms with van der Waals surface area (Å²) in [4.78, 5) is 7.51. The first-order valence-corrected chi connectivity index (χ1v) is 5.84. The molecule has 1 aliphatic heterocycles. The molecule has 1 atom stereocenters. The summed E-state index contributed by atoms with van der Waals surface area (Å²) >= 11 is 0. The molecule has 0 saturated carbocycles. The second kappa shape index (κ2) is 6.61. The summed E-state index contributed by atoms with van der Waals surface area (Å²) in [5, 5.41) is 4.15. The Balaban J connectivity index is 0.00000162. The molecule has 1 aromatic carbocycles. The third kappa shape index (κ3) is 4.20. The fourth-order valence-electron chi connectivity index (χ4n) is 1.97. The number of benzene rings is 1. The zero-order valence-corrected chi connectivity index (χ0v) is 11.6. The molecule has 0 spiro atoms. The molecular weight excluding hydrogens is 250 g/mol. The van der Waals surface area contributed by atoms with Gasteiger partial charge < -0.3 is 15.5 Å². The van der Waals surface area contributed by atoms with Crippen LogP contribution < -0.4 is 5.73 Å². The quantitative estimate of drug-likeness (QED) is 0.850. The molecule has 0 aromatic heterocycles. The Bertz CT molecular complexity index is 403. The number of nitrogens with two attached hydrogens (primary N) is 1. The molecule has 0 aliphatic carbocycles. The van der Waals surface area contributed by atoms with Gasteiger partial charge in [0.15, 0.2) is 0 Å². The number of oxime groups is 1. The fourth-order valence-corrected chi connectivity index (χ4v) is 1.97. The second-order valence-electron chi connectivity index (χ2n) is 4.77. The summed E-state index contributed by atoms with van der Waals surface area (Å²) < 4.78 is 0. The van der Waals surface area contributed by atoms with Gasteiger partial charge in [-0.15, -0.1) is 12.4 Å². The van der Waals surface area contributed by atoms with Gasteiger partial charge in [-0.05, 0) is 31.8 Å². The molecular formula is C13H20ClN3O. The lowest BCUT2D eigenvalue weighted by Crippen LogP contribution is -2.26. The van der Waals surface area contributed by atoms with Crippen molar-refractivity contribution in [1.29, 1.82) is 0 Å². The van der Waals surface area contributed by atoms with Crippen molar-refractivity contribution in [2.75, 3.05) is 26.4 Å². The maximum Gasteiger partial charge on any atom is 0.145 e. The van der Waals surface area contributed by atoms with Gasteiger partial charge in [0.1, 0.15) is 6.10 Å². The summed E-state index contributed by atoms with van der Waals surface area (Å²) in [6.07, 6.45) is 1.97. The summed E-state index contributed by atoms with van der Waals surface area (Å²) in [6, 6.07) is 7.92. The number of hydrogen-bond acceptors (Lipinski definition) is 4. The lowest BCUT2D eigenvalue weighted by Gasteiger charge is -2.13. The summed E-state index contributed by atoms with van der Waals surface area (Å²) in [6.45, 7) is 0.911. The fraction of sp³-hybridized carbons (Fsp3) is 0.462. The smallest absolute Gasteiger partial charge is 0.145 e. The van der Waals surface area contributed by atoms with E-state index in [-0.39, 0.29) is 18.5 Å². The molecule has 2 rings (SSSR count). The number of halogens is 1. The van der Waals surface area contributed by atoms with Crippen molar-refractivity contribution in [1.82, 2.24) is 4.90 Å². The van der Waals surface area contributed by atoms with E-state index in [9.17, 15) is 0 Å². The Morgan fingerprint density at radius 3 is 2.61 bits per heavy atom. The highest BCUT2D eigenvalue weighted by Crippen LogP contribution is 2.15. The first kappa shape index (κ1) is 14.8. The molecule has 5 heteroatoms. The summed E-state index contributed by atoms with van der Waals surface area (Å²) in [7, 11) is 4.09. The first-order valence-electron chi connectivity index (χ1n) is 5.84. The van der Waals surface area contributed by atoms with Gasteiger partial charge in [-0.2, -0.15) is 0 Å². The van der Waals surface area contributed by atoms with Crippen LogP contribution in [0.1, 0.15) is 12.0 Å². The predicted octanol–water partition coefficient (Wildman–Crippen LogP) is 1.94. The zero-order chi connectivity index (χ0) is 12.3. The van der Waals surface area contributed by atoms with Crippen LogP contribution in [0, 0.1) is 0 Å². The lowest BCUT2D eigenvalue weighted by molar-refractivity contribution is 0.0650. The van der Waals surface area contributed by atoms with Crippen LogP contribution in [0.4, 0.5) is 5.69 Å². The van der Waals surface area contributed by atoms with E-state index in [1.807, 2.05) is 38.4 Å². The molecule has 1 heterocycles. The zero-order valence-electron chi connectivity index (χ0n) is 10.8. The molecule has 1 aromatic rings. The molecule has 1 unspecified atom stereocenters. The van der Waals surface area contributed by atoms with E-state index in [1.165, 1.54) is 5.56 Å². The number of likely N-dealkylation sites (N-methyl/N-ethyl adjacent to an activating group) is 1. The standard InChI is InChI=1S/C13H19N3O.ClH/c1-16(2)9-13-8-12(15-17-13)7-10-3-5-11(14)6-4-10;/h3-6,13H,7-9,14H2,1-2H3;1H. The predicted molar refractivity (Wildman–Crippen MR) is 77.3 cm³/mol. The van der Waals surface area contributed by atoms with E-state index in [0.29, 0.717) is 0 Å². The molecule has 4 nitrogen and oxygen atoms in total. The number of anilines is 1. The Kier molecular flexibility index (Phi) is 5.44. The van der Waals surface area contributed by atoms with Crippen LogP contribution in [-0.4, -0.2) is 37.4 Å². The highest BCUT2D eigenvalue weighted by Gasteiger charge is 2.21. The Morgan fingerprint density at radius 1 is 1.33 bits per heavy atom. The van der Waals surface area contributed by atoms with Crippen molar-refractivity contribution in [3.8, 4) is 0 Å². The van der Waals surface area contributed by atoms with Gasteiger partial charge in [0.05, 0.1) is 5.71 Å². The van der Waals surface area contributed by atoms with E-state index in [0.717, 1.165) is 30.8 Å². The maximum atomic E-state index is 5.65. The van der Waals surface area contributed by atoms with Gasteiger partial charge in [0.25, 0.3) is 0 Å². The maximum absolute atomic E-state index is 5.65. The van der Waals surface area contributed by atoms with Crippen LogP contribution in [-0.2, 0) is 11.3 Å². The van der Waals surface area contributed by atoms with Crippen LogP contribution in [0.2, 0.25) is 0 Å². The van der Waals surface area contributed by atoms with Crippen molar-refractivity contribution in [3.63, 3.8) is 0 Å². The van der Waals surface area contributed by atoms with Gasteiger partial charge in [-0.1, -0.05) is 17.3 Å². The lowest BCUT2D eigenvalue weighted by atomic mass is 10.0. The molecule has 0 amide bonds. The average Bonchev–Trinajstić information content (AvgIpc) is 2.68. The van der Waals surface area contributed by atoms with Gasteiger partial charge in [0, 0.05) is 25.1 Å². The average molecular weight is 270 g/mol. The van der Waals surface area contributed by atoms with Crippen molar-refractivity contribution in [3.05, 3.63) is 29.8 Å². The highest BCUT2D eigenvalue weighted by molar-refractivity contribution is 5.87. The van der Waals surface area contributed by atoms with Gasteiger partial charge in [0.2, 0.25) is 0 Å². The van der Waals surface area contributed by atoms with Crippen LogP contribution in [0.25, 0.3) is 0 Å². The molecule has 1 aliphatic rings. The van der Waals surface area contributed by atoms with Crippen molar-refractivity contribution in [2.45, 2.75) is 18.9 Å². The Labute approximate surface area is 114 Å². The van der Waals surface area contributed by atoms with E-state index in [4.69, 9.17) is 10.6 Å². The number of rotatable bonds is 4. The third-order valence-corrected chi connectivity index (χ3v) is 2.75. The topological polar surface area (TPSA) is 50.8 Å². The molecule has 0 bridgehead atoms. The summed E-state index contributed by atoms with van der Waals surface area (Å²) in [5.74, 6) is 0. The highest BCUT2D eigenvalue weighted by atomic mass is 35.5.